The molecule has 0 aliphatic rings. The standard InChI is InChI=1S/C43H84/c1-4-7-9-11-13-15-16-17-18-19-20-21-22-23-24-25-26-27-28-29-30-31-32-34-36-38-40-42-43(6-3)41-39-37-35-33-14-12-10-8-5-2/h3,43H,4-5,7-42H2,1-2H3. The minimum Gasteiger partial charge on any atom is -0.120 e. The molecule has 0 heteroatoms. The van der Waals surface area contributed by atoms with Crippen molar-refractivity contribution in [3.8, 4) is 12.3 Å². The molecule has 0 heterocycles. The lowest BCUT2D eigenvalue weighted by Gasteiger charge is -2.10. The largest absolute Gasteiger partial charge is 0.120 e. The first-order valence-corrected chi connectivity index (χ1v) is 20.8. The van der Waals surface area contributed by atoms with Gasteiger partial charge in [-0.05, 0) is 12.8 Å². The molecule has 0 aromatic carbocycles. The van der Waals surface area contributed by atoms with E-state index < -0.39 is 0 Å². The molecule has 256 valence electrons. The van der Waals surface area contributed by atoms with Crippen LogP contribution in [0.25, 0.3) is 0 Å². The maximum absolute atomic E-state index is 5.84. The molecule has 0 aliphatic carbocycles. The van der Waals surface area contributed by atoms with Gasteiger partial charge in [0.1, 0.15) is 0 Å². The molecule has 0 bridgehead atoms. The van der Waals surface area contributed by atoms with Crippen LogP contribution in [0, 0.1) is 18.3 Å². The lowest BCUT2D eigenvalue weighted by molar-refractivity contribution is 0.471. The fourth-order valence-electron chi connectivity index (χ4n) is 6.90. The van der Waals surface area contributed by atoms with Gasteiger partial charge in [-0.3, -0.25) is 0 Å². The Morgan fingerprint density at radius 3 is 0.605 bits per heavy atom. The van der Waals surface area contributed by atoms with Crippen LogP contribution < -0.4 is 0 Å². The van der Waals surface area contributed by atoms with Crippen molar-refractivity contribution in [2.75, 3.05) is 0 Å². The second kappa shape index (κ2) is 39.6. The van der Waals surface area contributed by atoms with Crippen molar-refractivity contribution >= 4 is 0 Å². The van der Waals surface area contributed by atoms with E-state index in [9.17, 15) is 0 Å². The summed E-state index contributed by atoms with van der Waals surface area (Å²) in [4.78, 5) is 0. The van der Waals surface area contributed by atoms with Gasteiger partial charge in [0, 0.05) is 5.92 Å². The molecule has 0 N–H and O–H groups in total. The van der Waals surface area contributed by atoms with E-state index in [1.807, 2.05) is 0 Å². The Balaban J connectivity index is 3.19. The van der Waals surface area contributed by atoms with Crippen LogP contribution in [0.15, 0.2) is 0 Å². The van der Waals surface area contributed by atoms with Crippen LogP contribution in [0.1, 0.15) is 258 Å². The van der Waals surface area contributed by atoms with Gasteiger partial charge in [0.15, 0.2) is 0 Å². The molecule has 1 atom stereocenters. The van der Waals surface area contributed by atoms with E-state index >= 15 is 0 Å². The average Bonchev–Trinajstić information content (AvgIpc) is 3.02. The molecule has 0 aliphatic heterocycles. The summed E-state index contributed by atoms with van der Waals surface area (Å²) in [5.74, 6) is 3.64. The molecule has 0 radical (unpaired) electrons. The summed E-state index contributed by atoms with van der Waals surface area (Å²) < 4.78 is 0. The normalized spacial score (nSPS) is 12.1. The lowest BCUT2D eigenvalue weighted by Crippen LogP contribution is -1.97. The molecule has 0 nitrogen and oxygen atoms in total. The molecule has 0 aromatic rings. The van der Waals surface area contributed by atoms with E-state index in [2.05, 4.69) is 19.8 Å². The highest BCUT2D eigenvalue weighted by atomic mass is 14.1. The molecular formula is C43H84. The van der Waals surface area contributed by atoms with Gasteiger partial charge < -0.3 is 0 Å². The van der Waals surface area contributed by atoms with Crippen LogP contribution in [0.5, 0.6) is 0 Å². The summed E-state index contributed by atoms with van der Waals surface area (Å²) in [6.07, 6.45) is 60.6. The second-order valence-corrected chi connectivity index (χ2v) is 14.5. The number of hydrogen-bond acceptors (Lipinski definition) is 0. The minimum absolute atomic E-state index is 0.545. The Labute approximate surface area is 275 Å². The summed E-state index contributed by atoms with van der Waals surface area (Å²) in [6, 6.07) is 0. The van der Waals surface area contributed by atoms with Crippen LogP contribution in [0.4, 0.5) is 0 Å². The van der Waals surface area contributed by atoms with Gasteiger partial charge in [-0.1, -0.05) is 245 Å². The van der Waals surface area contributed by atoms with Crippen molar-refractivity contribution in [1.82, 2.24) is 0 Å². The molecular weight excluding hydrogens is 516 g/mol. The van der Waals surface area contributed by atoms with Crippen LogP contribution in [0.2, 0.25) is 0 Å². The van der Waals surface area contributed by atoms with Crippen molar-refractivity contribution < 1.29 is 0 Å². The van der Waals surface area contributed by atoms with Crippen molar-refractivity contribution in [1.29, 1.82) is 0 Å². The van der Waals surface area contributed by atoms with Crippen molar-refractivity contribution in [2.24, 2.45) is 5.92 Å². The molecule has 0 saturated carbocycles. The Morgan fingerprint density at radius 1 is 0.279 bits per heavy atom. The highest BCUT2D eigenvalue weighted by Crippen LogP contribution is 2.20. The van der Waals surface area contributed by atoms with Crippen molar-refractivity contribution in [2.45, 2.75) is 258 Å². The monoisotopic (exact) mass is 601 g/mol. The Morgan fingerprint density at radius 2 is 0.442 bits per heavy atom. The van der Waals surface area contributed by atoms with Gasteiger partial charge in [-0.15, -0.1) is 12.3 Å². The third kappa shape index (κ3) is 37.7. The van der Waals surface area contributed by atoms with E-state index in [0.29, 0.717) is 5.92 Å². The van der Waals surface area contributed by atoms with Crippen molar-refractivity contribution in [3.05, 3.63) is 0 Å². The van der Waals surface area contributed by atoms with Crippen molar-refractivity contribution in [3.63, 3.8) is 0 Å². The Kier molecular flexibility index (Phi) is 39.2. The summed E-state index contributed by atoms with van der Waals surface area (Å²) in [5.41, 5.74) is 0. The zero-order chi connectivity index (χ0) is 31.2. The van der Waals surface area contributed by atoms with E-state index in [0.717, 1.165) is 0 Å². The number of terminal acetylenes is 1. The maximum Gasteiger partial charge on any atom is 0.0200 e. The minimum atomic E-state index is 0.545. The zero-order valence-corrected chi connectivity index (χ0v) is 30.5. The fourth-order valence-corrected chi connectivity index (χ4v) is 6.90. The third-order valence-corrected chi connectivity index (χ3v) is 10.0. The van der Waals surface area contributed by atoms with Gasteiger partial charge in [0.05, 0.1) is 0 Å². The predicted molar refractivity (Wildman–Crippen MR) is 199 cm³/mol. The van der Waals surface area contributed by atoms with Crippen LogP contribution in [-0.2, 0) is 0 Å². The summed E-state index contributed by atoms with van der Waals surface area (Å²) in [6.45, 7) is 4.61. The first-order chi connectivity index (χ1) is 21.3. The topological polar surface area (TPSA) is 0 Å². The molecule has 0 aromatic heterocycles. The van der Waals surface area contributed by atoms with Gasteiger partial charge in [-0.25, -0.2) is 0 Å². The van der Waals surface area contributed by atoms with Crippen LogP contribution >= 0.6 is 0 Å². The number of hydrogen-bond donors (Lipinski definition) is 0. The van der Waals surface area contributed by atoms with Crippen LogP contribution in [0.3, 0.4) is 0 Å². The molecule has 0 fully saturated rings. The quantitative estimate of drug-likeness (QED) is 0.0488. The second-order valence-electron chi connectivity index (χ2n) is 14.5. The molecule has 0 amide bonds. The highest BCUT2D eigenvalue weighted by molar-refractivity contribution is 4.92. The SMILES string of the molecule is C#CC(CCCCCCCCCCC)CCCCCCCCCCCCCCCCCCCCCCCCCCCCC. The Bertz CT molecular complexity index is 513. The van der Waals surface area contributed by atoms with Gasteiger partial charge >= 0.3 is 0 Å². The highest BCUT2D eigenvalue weighted by Gasteiger charge is 2.05. The summed E-state index contributed by atoms with van der Waals surface area (Å²) in [5, 5.41) is 0. The summed E-state index contributed by atoms with van der Waals surface area (Å²) >= 11 is 0. The Hall–Kier alpha value is -0.440. The molecule has 0 saturated heterocycles. The number of rotatable bonds is 38. The zero-order valence-electron chi connectivity index (χ0n) is 30.5. The smallest absolute Gasteiger partial charge is 0.0200 e. The van der Waals surface area contributed by atoms with E-state index in [1.54, 1.807) is 0 Å². The average molecular weight is 601 g/mol. The predicted octanol–water partition coefficient (Wildman–Crippen LogP) is 16.1. The van der Waals surface area contributed by atoms with E-state index in [1.165, 1.54) is 244 Å². The van der Waals surface area contributed by atoms with Gasteiger partial charge in [0.25, 0.3) is 0 Å². The summed E-state index contributed by atoms with van der Waals surface area (Å²) in [7, 11) is 0. The maximum atomic E-state index is 5.84. The third-order valence-electron chi connectivity index (χ3n) is 10.0. The molecule has 0 rings (SSSR count). The van der Waals surface area contributed by atoms with E-state index in [-0.39, 0.29) is 0 Å². The van der Waals surface area contributed by atoms with E-state index in [4.69, 9.17) is 6.42 Å². The first kappa shape index (κ1) is 42.6. The molecule has 43 heavy (non-hydrogen) atoms. The molecule has 0 spiro atoms. The molecule has 1 unspecified atom stereocenters. The van der Waals surface area contributed by atoms with Crippen LogP contribution in [-0.4, -0.2) is 0 Å². The lowest BCUT2D eigenvalue weighted by atomic mass is 9.94. The van der Waals surface area contributed by atoms with Gasteiger partial charge in [0.2, 0.25) is 0 Å². The fraction of sp³-hybridized carbons (Fsp3) is 0.953. The van der Waals surface area contributed by atoms with Gasteiger partial charge in [-0.2, -0.15) is 0 Å². The number of unbranched alkanes of at least 4 members (excludes halogenated alkanes) is 34. The first-order valence-electron chi connectivity index (χ1n) is 20.8.